The highest BCUT2D eigenvalue weighted by Crippen LogP contribution is 2.34. The molecule has 130 valence electrons. The summed E-state index contributed by atoms with van der Waals surface area (Å²) in [6, 6.07) is 5.53. The molecule has 24 heavy (non-hydrogen) atoms. The zero-order chi connectivity index (χ0) is 18.1. The molecule has 0 radical (unpaired) electrons. The second-order valence-corrected chi connectivity index (χ2v) is 6.68. The van der Waals surface area contributed by atoms with Gasteiger partial charge in [0.25, 0.3) is 10.0 Å². The zero-order valence-corrected chi connectivity index (χ0v) is 13.6. The normalized spacial score (nSPS) is 12.1. The molecule has 2 rings (SSSR count). The summed E-state index contributed by atoms with van der Waals surface area (Å²) in [5, 5.41) is 0.0891. The van der Waals surface area contributed by atoms with Crippen molar-refractivity contribution in [2.45, 2.75) is 11.1 Å². The number of anilines is 1. The topological polar surface area (TPSA) is 55.4 Å². The lowest BCUT2D eigenvalue weighted by atomic mass is 10.2. The third kappa shape index (κ3) is 3.90. The van der Waals surface area contributed by atoms with Crippen molar-refractivity contribution in [1.29, 1.82) is 0 Å². The lowest BCUT2D eigenvalue weighted by molar-refractivity contribution is -0.139. The second-order valence-electron chi connectivity index (χ2n) is 4.59. The highest BCUT2D eigenvalue weighted by atomic mass is 35.5. The number of ether oxygens (including phenoxy) is 1. The van der Waals surface area contributed by atoms with Crippen LogP contribution < -0.4 is 9.46 Å². The zero-order valence-electron chi connectivity index (χ0n) is 12.0. The minimum absolute atomic E-state index is 0.0509. The first kappa shape index (κ1) is 18.3. The largest absolute Gasteiger partial charge is 0.495 e. The molecule has 0 unspecified atom stereocenters. The molecule has 0 bridgehead atoms. The summed E-state index contributed by atoms with van der Waals surface area (Å²) in [7, 11) is -3.08. The molecule has 0 aliphatic carbocycles. The molecule has 2 aromatic carbocycles. The quantitative estimate of drug-likeness (QED) is 0.800. The Morgan fingerprint density at radius 1 is 1.12 bits per heavy atom. The van der Waals surface area contributed by atoms with E-state index >= 15 is 0 Å². The van der Waals surface area contributed by atoms with Gasteiger partial charge in [-0.1, -0.05) is 11.6 Å². The number of rotatable bonds is 4. The van der Waals surface area contributed by atoms with Gasteiger partial charge in [0.15, 0.2) is 0 Å². The molecule has 0 spiro atoms. The molecule has 0 aromatic heterocycles. The smallest absolute Gasteiger partial charge is 0.419 e. The van der Waals surface area contributed by atoms with Crippen molar-refractivity contribution in [1.82, 2.24) is 0 Å². The maximum absolute atomic E-state index is 13.3. The van der Waals surface area contributed by atoms with Crippen LogP contribution in [-0.2, 0) is 16.2 Å². The fourth-order valence-corrected chi connectivity index (χ4v) is 3.36. The van der Waals surface area contributed by atoms with Crippen LogP contribution in [0.3, 0.4) is 0 Å². The van der Waals surface area contributed by atoms with Crippen LogP contribution in [-0.4, -0.2) is 15.5 Å². The summed E-state index contributed by atoms with van der Waals surface area (Å²) in [5.41, 5.74) is -2.04. The van der Waals surface area contributed by atoms with E-state index in [2.05, 4.69) is 0 Å². The Morgan fingerprint density at radius 3 is 2.38 bits per heavy atom. The molecular weight excluding hydrogens is 374 g/mol. The molecular formula is C14H10ClF4NO3S. The van der Waals surface area contributed by atoms with Crippen LogP contribution >= 0.6 is 11.6 Å². The van der Waals surface area contributed by atoms with Gasteiger partial charge in [0.1, 0.15) is 16.5 Å². The second kappa shape index (κ2) is 6.48. The first-order valence-corrected chi connectivity index (χ1v) is 8.14. The van der Waals surface area contributed by atoms with Crippen LogP contribution in [0.5, 0.6) is 5.75 Å². The molecule has 0 heterocycles. The van der Waals surface area contributed by atoms with E-state index in [4.69, 9.17) is 16.3 Å². The minimum atomic E-state index is -4.96. The first-order valence-electron chi connectivity index (χ1n) is 6.27. The van der Waals surface area contributed by atoms with Gasteiger partial charge in [-0.15, -0.1) is 0 Å². The molecule has 0 saturated heterocycles. The fraction of sp³-hybridized carbons (Fsp3) is 0.143. The highest BCUT2D eigenvalue weighted by molar-refractivity contribution is 7.92. The number of alkyl halides is 3. The molecule has 0 saturated carbocycles. The van der Waals surface area contributed by atoms with Gasteiger partial charge in [-0.05, 0) is 36.4 Å². The van der Waals surface area contributed by atoms with E-state index in [9.17, 15) is 26.0 Å². The first-order chi connectivity index (χ1) is 11.0. The lowest BCUT2D eigenvalue weighted by Gasteiger charge is -2.14. The van der Waals surface area contributed by atoms with Gasteiger partial charge in [0.05, 0.1) is 12.7 Å². The van der Waals surface area contributed by atoms with E-state index in [0.29, 0.717) is 12.1 Å². The Kier molecular flexibility index (Phi) is 4.95. The standard InChI is InChI=1S/C14H10ClF4NO3S/c1-23-12-5-2-8(15)6-13(12)24(21,22)20-9-3-4-11(16)10(7-9)14(17,18)19/h2-7,20H,1H3. The van der Waals surface area contributed by atoms with Crippen molar-refractivity contribution >= 4 is 27.3 Å². The predicted molar refractivity (Wildman–Crippen MR) is 80.2 cm³/mol. The number of sulfonamides is 1. The summed E-state index contributed by atoms with van der Waals surface area (Å²) in [4.78, 5) is -0.365. The summed E-state index contributed by atoms with van der Waals surface area (Å²) in [6.45, 7) is 0. The van der Waals surface area contributed by atoms with Gasteiger partial charge >= 0.3 is 6.18 Å². The molecule has 0 fully saturated rings. The Bertz CT molecular complexity index is 869. The van der Waals surface area contributed by atoms with Gasteiger partial charge in [-0.3, -0.25) is 4.72 Å². The van der Waals surface area contributed by atoms with Gasteiger partial charge in [-0.2, -0.15) is 13.2 Å². The van der Waals surface area contributed by atoms with E-state index in [0.717, 1.165) is 12.1 Å². The number of hydrogen-bond donors (Lipinski definition) is 1. The van der Waals surface area contributed by atoms with E-state index in [1.54, 1.807) is 0 Å². The molecule has 4 nitrogen and oxygen atoms in total. The predicted octanol–water partition coefficient (Wildman–Crippen LogP) is 4.31. The van der Waals surface area contributed by atoms with Gasteiger partial charge in [0, 0.05) is 10.7 Å². The van der Waals surface area contributed by atoms with Gasteiger partial charge in [-0.25, -0.2) is 12.8 Å². The number of benzene rings is 2. The van der Waals surface area contributed by atoms with Crippen LogP contribution in [0.2, 0.25) is 5.02 Å². The van der Waals surface area contributed by atoms with Crippen molar-refractivity contribution in [2.24, 2.45) is 0 Å². The number of nitrogens with one attached hydrogen (secondary N) is 1. The third-order valence-corrected chi connectivity index (χ3v) is 4.58. The average Bonchev–Trinajstić information content (AvgIpc) is 2.48. The van der Waals surface area contributed by atoms with Crippen molar-refractivity contribution in [3.05, 3.63) is 52.8 Å². The van der Waals surface area contributed by atoms with Gasteiger partial charge in [0.2, 0.25) is 0 Å². The van der Waals surface area contributed by atoms with Crippen molar-refractivity contribution in [3.8, 4) is 5.75 Å². The highest BCUT2D eigenvalue weighted by Gasteiger charge is 2.34. The molecule has 0 aliphatic rings. The fourth-order valence-electron chi connectivity index (χ4n) is 1.88. The monoisotopic (exact) mass is 383 g/mol. The van der Waals surface area contributed by atoms with E-state index in [-0.39, 0.29) is 15.7 Å². The molecule has 2 aromatic rings. The molecule has 10 heteroatoms. The van der Waals surface area contributed by atoms with Crippen molar-refractivity contribution in [2.75, 3.05) is 11.8 Å². The van der Waals surface area contributed by atoms with E-state index < -0.39 is 33.3 Å². The molecule has 1 N–H and O–H groups in total. The summed E-state index contributed by atoms with van der Waals surface area (Å²) in [6.07, 6.45) is -4.96. The number of methoxy groups -OCH3 is 1. The van der Waals surface area contributed by atoms with Crippen LogP contribution in [0, 0.1) is 5.82 Å². The summed E-state index contributed by atoms with van der Waals surface area (Å²) < 4.78 is 82.9. The van der Waals surface area contributed by atoms with Crippen LogP contribution in [0.15, 0.2) is 41.3 Å². The van der Waals surface area contributed by atoms with Crippen molar-refractivity contribution < 1.29 is 30.7 Å². The Balaban J connectivity index is 2.46. The third-order valence-electron chi connectivity index (χ3n) is 2.94. The van der Waals surface area contributed by atoms with E-state index in [1.165, 1.54) is 19.2 Å². The SMILES string of the molecule is COc1ccc(Cl)cc1S(=O)(=O)Nc1ccc(F)c(C(F)(F)F)c1. The molecule has 0 aliphatic heterocycles. The van der Waals surface area contributed by atoms with E-state index in [1.807, 2.05) is 4.72 Å². The van der Waals surface area contributed by atoms with Crippen molar-refractivity contribution in [3.63, 3.8) is 0 Å². The van der Waals surface area contributed by atoms with Crippen LogP contribution in [0.1, 0.15) is 5.56 Å². The molecule has 0 atom stereocenters. The molecule has 0 amide bonds. The average molecular weight is 384 g/mol. The number of halogens is 5. The maximum Gasteiger partial charge on any atom is 0.419 e. The summed E-state index contributed by atoms with van der Waals surface area (Å²) in [5.74, 6) is -1.56. The Morgan fingerprint density at radius 2 is 1.79 bits per heavy atom. The Hall–Kier alpha value is -2.00. The lowest BCUT2D eigenvalue weighted by Crippen LogP contribution is -2.15. The Labute approximate surface area is 140 Å². The van der Waals surface area contributed by atoms with Crippen LogP contribution in [0.4, 0.5) is 23.2 Å². The minimum Gasteiger partial charge on any atom is -0.495 e. The maximum atomic E-state index is 13.3. The summed E-state index contributed by atoms with van der Waals surface area (Å²) >= 11 is 5.74. The number of hydrogen-bond acceptors (Lipinski definition) is 3. The van der Waals surface area contributed by atoms with Gasteiger partial charge < -0.3 is 4.74 Å². The van der Waals surface area contributed by atoms with Crippen LogP contribution in [0.25, 0.3) is 0 Å².